The number of Topliss-reactive ketones (excluding diaryl/α,β-unsaturated/α-hetero) is 1. The van der Waals surface area contributed by atoms with Crippen molar-refractivity contribution in [3.63, 3.8) is 0 Å². The molecule has 26 heavy (non-hydrogen) atoms. The van der Waals surface area contributed by atoms with Crippen molar-refractivity contribution >= 4 is 40.6 Å². The molecule has 146 valence electrons. The molecule has 1 aliphatic heterocycles. The van der Waals surface area contributed by atoms with Crippen molar-refractivity contribution in [2.45, 2.75) is 39.7 Å². The van der Waals surface area contributed by atoms with E-state index in [-0.39, 0.29) is 37.7 Å². The number of amides is 2. The van der Waals surface area contributed by atoms with E-state index in [9.17, 15) is 24.0 Å². The van der Waals surface area contributed by atoms with Gasteiger partial charge < -0.3 is 20.1 Å². The summed E-state index contributed by atoms with van der Waals surface area (Å²) in [6, 6.07) is 0. The maximum absolute atomic E-state index is 12.4. The van der Waals surface area contributed by atoms with Crippen LogP contribution in [-0.2, 0) is 28.7 Å². The molecule has 0 aromatic heterocycles. The van der Waals surface area contributed by atoms with Gasteiger partial charge in [0.1, 0.15) is 18.8 Å². The lowest BCUT2D eigenvalue weighted by Gasteiger charge is -2.32. The minimum atomic E-state index is -1.21. The Morgan fingerprint density at radius 1 is 1.23 bits per heavy atom. The first-order chi connectivity index (χ1) is 12.1. The fourth-order valence-electron chi connectivity index (χ4n) is 2.10. The van der Waals surface area contributed by atoms with Gasteiger partial charge in [-0.05, 0) is 18.7 Å². The Morgan fingerprint density at radius 3 is 2.58 bits per heavy atom. The molecule has 0 aromatic carbocycles. The highest BCUT2D eigenvalue weighted by Crippen LogP contribution is 2.26. The predicted molar refractivity (Wildman–Crippen MR) is 93.4 cm³/mol. The average Bonchev–Trinajstić information content (AvgIpc) is 2.53. The molecule has 0 saturated carbocycles. The van der Waals surface area contributed by atoms with Crippen molar-refractivity contribution in [3.05, 3.63) is 0 Å². The molecule has 9 nitrogen and oxygen atoms in total. The molecule has 2 N–H and O–H groups in total. The molecule has 10 heteroatoms. The van der Waals surface area contributed by atoms with Gasteiger partial charge in [0.05, 0.1) is 0 Å². The van der Waals surface area contributed by atoms with Crippen LogP contribution in [0.1, 0.15) is 33.6 Å². The third-order valence-corrected chi connectivity index (χ3v) is 4.20. The Kier molecular flexibility index (Phi) is 8.56. The molecule has 0 aromatic rings. The Balaban J connectivity index is 2.81. The molecule has 1 saturated heterocycles. The van der Waals surface area contributed by atoms with Crippen LogP contribution < -0.4 is 10.6 Å². The van der Waals surface area contributed by atoms with Gasteiger partial charge in [-0.3, -0.25) is 19.2 Å². The van der Waals surface area contributed by atoms with Crippen molar-refractivity contribution in [2.24, 2.45) is 5.41 Å². The number of rotatable bonds is 5. The van der Waals surface area contributed by atoms with E-state index < -0.39 is 28.7 Å². The fourth-order valence-corrected chi connectivity index (χ4v) is 2.63. The van der Waals surface area contributed by atoms with Crippen molar-refractivity contribution in [3.8, 4) is 0 Å². The molecule has 1 fully saturated rings. The normalized spacial score (nSPS) is 20.0. The number of cyclic esters (lactones) is 1. The van der Waals surface area contributed by atoms with E-state index in [0.717, 1.165) is 11.8 Å². The van der Waals surface area contributed by atoms with Gasteiger partial charge in [0.2, 0.25) is 5.91 Å². The maximum Gasteiger partial charge on any atom is 0.368 e. The summed E-state index contributed by atoms with van der Waals surface area (Å²) in [7, 11) is 0. The highest BCUT2D eigenvalue weighted by Gasteiger charge is 2.40. The van der Waals surface area contributed by atoms with Crippen molar-refractivity contribution < 1.29 is 33.4 Å². The second kappa shape index (κ2) is 10.1. The summed E-state index contributed by atoms with van der Waals surface area (Å²) in [4.78, 5) is 58.5. The van der Waals surface area contributed by atoms with Gasteiger partial charge >= 0.3 is 11.3 Å². The van der Waals surface area contributed by atoms with Gasteiger partial charge in [0.15, 0.2) is 6.10 Å². The van der Waals surface area contributed by atoms with Crippen LogP contribution in [0.15, 0.2) is 0 Å². The number of ketones is 1. The second-order valence-electron chi connectivity index (χ2n) is 6.52. The maximum atomic E-state index is 12.4. The Labute approximate surface area is 155 Å². The quantitative estimate of drug-likeness (QED) is 0.512. The van der Waals surface area contributed by atoms with E-state index in [1.54, 1.807) is 13.8 Å². The number of carbonyl (C=O) groups is 5. The highest BCUT2D eigenvalue weighted by atomic mass is 32.2. The smallest absolute Gasteiger partial charge is 0.368 e. The van der Waals surface area contributed by atoms with Crippen molar-refractivity contribution in [1.82, 2.24) is 10.6 Å². The van der Waals surface area contributed by atoms with Crippen LogP contribution in [0.4, 0.5) is 4.79 Å². The van der Waals surface area contributed by atoms with E-state index in [0.29, 0.717) is 12.3 Å². The van der Waals surface area contributed by atoms with Crippen LogP contribution >= 0.6 is 11.8 Å². The zero-order chi connectivity index (χ0) is 19.7. The summed E-state index contributed by atoms with van der Waals surface area (Å²) in [5.74, 6) is -1.55. The summed E-state index contributed by atoms with van der Waals surface area (Å²) < 4.78 is 10.3. The minimum Gasteiger partial charge on any atom is -0.465 e. The number of hydrogen-bond donors (Lipinski definition) is 2. The lowest BCUT2D eigenvalue weighted by atomic mass is 9.86. The number of nitrogens with one attached hydrogen (secondary N) is 2. The van der Waals surface area contributed by atoms with Crippen molar-refractivity contribution in [2.75, 3.05) is 25.4 Å². The molecule has 1 rings (SSSR count). The van der Waals surface area contributed by atoms with E-state index in [1.807, 2.05) is 0 Å². The average molecular weight is 388 g/mol. The first-order valence-corrected chi connectivity index (χ1v) is 9.13. The van der Waals surface area contributed by atoms with Crippen LogP contribution in [-0.4, -0.2) is 60.4 Å². The molecule has 1 aliphatic rings. The van der Waals surface area contributed by atoms with Crippen LogP contribution in [0.5, 0.6) is 0 Å². The lowest BCUT2D eigenvalue weighted by molar-refractivity contribution is -0.154. The summed E-state index contributed by atoms with van der Waals surface area (Å²) >= 11 is 0.839. The Hall–Kier alpha value is -2.10. The summed E-state index contributed by atoms with van der Waals surface area (Å²) in [5.41, 5.74) is -1.03. The molecular weight excluding hydrogens is 364 g/mol. The van der Waals surface area contributed by atoms with Crippen LogP contribution in [0.25, 0.3) is 0 Å². The molecule has 0 spiro atoms. The number of ether oxygens (including phenoxy) is 2. The van der Waals surface area contributed by atoms with E-state index in [1.165, 1.54) is 6.92 Å². The Morgan fingerprint density at radius 2 is 1.92 bits per heavy atom. The zero-order valence-electron chi connectivity index (χ0n) is 15.1. The van der Waals surface area contributed by atoms with E-state index >= 15 is 0 Å². The fraction of sp³-hybridized carbons (Fsp3) is 0.688. The molecule has 0 aliphatic carbocycles. The third-order valence-electron chi connectivity index (χ3n) is 3.46. The SMILES string of the molecule is CC(=O)CC(=O)OCC(C)(C)[C@H]1OC(=O)SCCNC(=O)CCNC1=O. The number of hydrogen-bond acceptors (Lipinski definition) is 8. The zero-order valence-corrected chi connectivity index (χ0v) is 15.9. The number of thioether (sulfide) groups is 1. The summed E-state index contributed by atoms with van der Waals surface area (Å²) in [5, 5.41) is 4.50. The van der Waals surface area contributed by atoms with Gasteiger partial charge in [-0.1, -0.05) is 13.8 Å². The third kappa shape index (κ3) is 7.85. The van der Waals surface area contributed by atoms with Gasteiger partial charge in [-0.25, -0.2) is 4.79 Å². The molecular formula is C16H24N2O7S. The van der Waals surface area contributed by atoms with E-state index in [2.05, 4.69) is 10.6 Å². The standard InChI is InChI=1S/C16H24N2O7S/c1-10(19)8-12(21)24-9-16(2,3)13-14(22)18-5-4-11(20)17-6-7-26-15(23)25-13/h13H,4-9H2,1-3H3,(H,17,20)(H,18,22)/t13-/m0/s1. The summed E-state index contributed by atoms with van der Waals surface area (Å²) in [6.07, 6.45) is -1.47. The predicted octanol–water partition coefficient (Wildman–Crippen LogP) is 0.409. The van der Waals surface area contributed by atoms with Gasteiger partial charge in [0, 0.05) is 30.7 Å². The molecule has 1 heterocycles. The molecule has 0 radical (unpaired) electrons. The highest BCUT2D eigenvalue weighted by molar-refractivity contribution is 8.13. The first kappa shape index (κ1) is 21.9. The topological polar surface area (TPSA) is 128 Å². The van der Waals surface area contributed by atoms with Gasteiger partial charge in [0.25, 0.3) is 5.91 Å². The van der Waals surface area contributed by atoms with Crippen LogP contribution in [0, 0.1) is 5.41 Å². The molecule has 2 amide bonds. The van der Waals surface area contributed by atoms with E-state index in [4.69, 9.17) is 9.47 Å². The van der Waals surface area contributed by atoms with Crippen molar-refractivity contribution in [1.29, 1.82) is 0 Å². The summed E-state index contributed by atoms with van der Waals surface area (Å²) in [6.45, 7) is 4.66. The number of esters is 1. The molecule has 1 atom stereocenters. The molecule has 0 unspecified atom stereocenters. The molecule has 0 bridgehead atoms. The second-order valence-corrected chi connectivity index (χ2v) is 7.55. The largest absolute Gasteiger partial charge is 0.465 e. The minimum absolute atomic E-state index is 0.0893. The lowest BCUT2D eigenvalue weighted by Crippen LogP contribution is -2.49. The first-order valence-electron chi connectivity index (χ1n) is 8.14. The van der Waals surface area contributed by atoms with Gasteiger partial charge in [-0.15, -0.1) is 0 Å². The van der Waals surface area contributed by atoms with Gasteiger partial charge in [-0.2, -0.15) is 0 Å². The Bertz CT molecular complexity index is 577. The monoisotopic (exact) mass is 388 g/mol. The number of carbonyl (C=O) groups excluding carboxylic acids is 5. The van der Waals surface area contributed by atoms with Crippen LogP contribution in [0.3, 0.4) is 0 Å². The van der Waals surface area contributed by atoms with Crippen LogP contribution in [0.2, 0.25) is 0 Å².